The highest BCUT2D eigenvalue weighted by atomic mass is 31.1. The number of nitrogens with one attached hydrogen (secondary N) is 2. The first-order valence-electron chi connectivity index (χ1n) is 8.45. The zero-order chi connectivity index (χ0) is 18.7. The van der Waals surface area contributed by atoms with Crippen molar-refractivity contribution in [2.24, 2.45) is 0 Å². The molecule has 5 N–H and O–H groups in total. The normalized spacial score (nSPS) is 27.2. The molecule has 1 aliphatic rings. The fraction of sp³-hybridized carbons (Fsp3) is 0.867. The number of carbonyl (C=O) groups is 2. The third kappa shape index (κ3) is 9.44. The molecule has 25 heavy (non-hydrogen) atoms. The molecule has 0 aliphatic carbocycles. The summed E-state index contributed by atoms with van der Waals surface area (Å²) in [6.07, 6.45) is 0.447. The minimum atomic E-state index is -1.10. The van der Waals surface area contributed by atoms with Crippen molar-refractivity contribution in [2.75, 3.05) is 26.3 Å². The Balaban J connectivity index is 2.02. The van der Waals surface area contributed by atoms with Crippen LogP contribution in [0.15, 0.2) is 0 Å². The van der Waals surface area contributed by atoms with E-state index in [1.807, 2.05) is 0 Å². The lowest BCUT2D eigenvalue weighted by atomic mass is 10.2. The lowest BCUT2D eigenvalue weighted by Gasteiger charge is -2.35. The molecule has 0 aromatic heterocycles. The number of hydrogen-bond acceptors (Lipinski definition) is 7. The Morgan fingerprint density at radius 1 is 1.16 bits per heavy atom. The van der Waals surface area contributed by atoms with Gasteiger partial charge in [0.05, 0.1) is 13.2 Å². The molecule has 1 heterocycles. The van der Waals surface area contributed by atoms with E-state index in [-0.39, 0.29) is 27.0 Å². The summed E-state index contributed by atoms with van der Waals surface area (Å²) >= 11 is 0. The number of aliphatic hydroxyl groups excluding tert-OH is 3. The average Bonchev–Trinajstić information content (AvgIpc) is 2.56. The van der Waals surface area contributed by atoms with Crippen LogP contribution >= 0.6 is 8.58 Å². The molecule has 1 saturated heterocycles. The van der Waals surface area contributed by atoms with Gasteiger partial charge < -0.3 is 35.4 Å². The minimum Gasteiger partial charge on any atom is -0.394 e. The van der Waals surface area contributed by atoms with Crippen LogP contribution in [0.4, 0.5) is 0 Å². The van der Waals surface area contributed by atoms with Gasteiger partial charge >= 0.3 is 0 Å². The Hall–Kier alpha value is -0.830. The van der Waals surface area contributed by atoms with E-state index in [2.05, 4.69) is 10.6 Å². The van der Waals surface area contributed by atoms with E-state index in [9.17, 15) is 19.8 Å². The molecule has 1 fully saturated rings. The molecule has 2 amide bonds. The van der Waals surface area contributed by atoms with Gasteiger partial charge in [-0.1, -0.05) is 0 Å². The van der Waals surface area contributed by atoms with Crippen molar-refractivity contribution in [2.45, 2.75) is 56.7 Å². The molecule has 5 atom stereocenters. The second kappa shape index (κ2) is 12.5. The Morgan fingerprint density at radius 3 is 2.56 bits per heavy atom. The summed E-state index contributed by atoms with van der Waals surface area (Å²) in [5.74, 6) is -1.09. The van der Waals surface area contributed by atoms with E-state index in [0.29, 0.717) is 45.4 Å². The predicted molar refractivity (Wildman–Crippen MR) is 92.2 cm³/mol. The minimum absolute atomic E-state index is 0.0440. The van der Waals surface area contributed by atoms with Gasteiger partial charge in [-0.15, -0.1) is 0 Å². The molecule has 0 aromatic rings. The second-order valence-electron chi connectivity index (χ2n) is 5.81. The van der Waals surface area contributed by atoms with Crippen LogP contribution in [0.5, 0.6) is 0 Å². The van der Waals surface area contributed by atoms with E-state index in [1.165, 1.54) is 6.92 Å². The van der Waals surface area contributed by atoms with Crippen LogP contribution in [0.2, 0.25) is 0 Å². The Labute approximate surface area is 149 Å². The molecule has 0 aromatic carbocycles. The lowest BCUT2D eigenvalue weighted by Crippen LogP contribution is -2.46. The standard InChI is InChI=1S/C15H29N2O7P/c1-10(19)16-6-4-7-17-12(20)5-2-3-8-23-15-24-11(9-18)13(21)14(22)25-15/h11,13-15,18,21-22,25H,2-9H2,1H3,(H,16,19)(H,17,20). The van der Waals surface area contributed by atoms with Gasteiger partial charge in [-0.2, -0.15) is 0 Å². The monoisotopic (exact) mass is 380 g/mol. The van der Waals surface area contributed by atoms with Gasteiger partial charge in [0.15, 0.2) is 6.03 Å². The van der Waals surface area contributed by atoms with Gasteiger partial charge in [0, 0.05) is 26.4 Å². The Kier molecular flexibility index (Phi) is 11.1. The third-order valence-electron chi connectivity index (χ3n) is 3.61. The predicted octanol–water partition coefficient (Wildman–Crippen LogP) is -1.15. The molecule has 0 radical (unpaired) electrons. The maximum atomic E-state index is 11.6. The van der Waals surface area contributed by atoms with Crippen LogP contribution in [0.3, 0.4) is 0 Å². The fourth-order valence-electron chi connectivity index (χ4n) is 2.21. The summed E-state index contributed by atoms with van der Waals surface area (Å²) in [5, 5.41) is 33.8. The molecule has 1 rings (SSSR count). The van der Waals surface area contributed by atoms with Crippen LogP contribution in [0.25, 0.3) is 0 Å². The van der Waals surface area contributed by atoms with Gasteiger partial charge in [0.25, 0.3) is 0 Å². The van der Waals surface area contributed by atoms with E-state index >= 15 is 0 Å². The van der Waals surface area contributed by atoms with Crippen molar-refractivity contribution >= 4 is 20.4 Å². The molecule has 1 aliphatic heterocycles. The van der Waals surface area contributed by atoms with Gasteiger partial charge in [0.1, 0.15) is 18.1 Å². The maximum absolute atomic E-state index is 11.6. The summed E-state index contributed by atoms with van der Waals surface area (Å²) in [6, 6.07) is -0.641. The molecule has 0 bridgehead atoms. The quantitative estimate of drug-likeness (QED) is 0.225. The van der Waals surface area contributed by atoms with E-state index in [1.54, 1.807) is 0 Å². The van der Waals surface area contributed by atoms with E-state index in [4.69, 9.17) is 14.6 Å². The number of amides is 2. The molecule has 146 valence electrons. The third-order valence-corrected chi connectivity index (χ3v) is 4.86. The first kappa shape index (κ1) is 22.2. The van der Waals surface area contributed by atoms with Crippen molar-refractivity contribution < 1.29 is 34.4 Å². The topological polar surface area (TPSA) is 137 Å². The van der Waals surface area contributed by atoms with Crippen molar-refractivity contribution in [3.63, 3.8) is 0 Å². The van der Waals surface area contributed by atoms with Crippen LogP contribution < -0.4 is 10.6 Å². The zero-order valence-electron chi connectivity index (χ0n) is 14.4. The average molecular weight is 380 g/mol. The Morgan fingerprint density at radius 2 is 1.88 bits per heavy atom. The largest absolute Gasteiger partial charge is 0.394 e. The van der Waals surface area contributed by atoms with Crippen molar-refractivity contribution in [1.82, 2.24) is 10.6 Å². The summed E-state index contributed by atoms with van der Waals surface area (Å²) in [5.41, 5.74) is 0. The summed E-state index contributed by atoms with van der Waals surface area (Å²) < 4.78 is 10.8. The molecule has 9 nitrogen and oxygen atoms in total. The van der Waals surface area contributed by atoms with Gasteiger partial charge in [-0.05, 0) is 27.8 Å². The first-order chi connectivity index (χ1) is 11.9. The summed E-state index contributed by atoms with van der Waals surface area (Å²) in [4.78, 5) is 22.3. The zero-order valence-corrected chi connectivity index (χ0v) is 15.4. The van der Waals surface area contributed by atoms with Crippen LogP contribution in [0, 0.1) is 0 Å². The summed E-state index contributed by atoms with van der Waals surface area (Å²) in [7, 11) is -0.118. The smallest absolute Gasteiger partial charge is 0.219 e. The van der Waals surface area contributed by atoms with Gasteiger partial charge in [-0.3, -0.25) is 9.59 Å². The molecule has 10 heteroatoms. The number of carbonyl (C=O) groups excluding carboxylic acids is 2. The van der Waals surface area contributed by atoms with Crippen LogP contribution in [-0.4, -0.2) is 77.5 Å². The highest BCUT2D eigenvalue weighted by molar-refractivity contribution is 7.39. The molecular formula is C15H29N2O7P. The Bertz CT molecular complexity index is 413. The second-order valence-corrected chi connectivity index (χ2v) is 7.20. The SMILES string of the molecule is CC(=O)NCCCNC(=O)CCCCOC1OC(CO)C(O)C(O)P1. The van der Waals surface area contributed by atoms with Crippen molar-refractivity contribution in [3.8, 4) is 0 Å². The number of aliphatic hydroxyl groups is 3. The number of hydrogen-bond donors (Lipinski definition) is 5. The first-order valence-corrected chi connectivity index (χ1v) is 9.60. The van der Waals surface area contributed by atoms with E-state index in [0.717, 1.165) is 0 Å². The van der Waals surface area contributed by atoms with Gasteiger partial charge in [-0.25, -0.2) is 0 Å². The molecular weight excluding hydrogens is 351 g/mol. The van der Waals surface area contributed by atoms with Crippen molar-refractivity contribution in [1.29, 1.82) is 0 Å². The van der Waals surface area contributed by atoms with E-state index < -0.39 is 24.1 Å². The molecule has 0 spiro atoms. The van der Waals surface area contributed by atoms with Crippen LogP contribution in [-0.2, 0) is 19.1 Å². The number of ether oxygens (including phenoxy) is 2. The van der Waals surface area contributed by atoms with Crippen LogP contribution in [0.1, 0.15) is 32.6 Å². The molecule has 5 unspecified atom stereocenters. The lowest BCUT2D eigenvalue weighted by molar-refractivity contribution is -0.183. The number of rotatable bonds is 11. The molecule has 0 saturated carbocycles. The fourth-order valence-corrected chi connectivity index (χ4v) is 3.36. The number of unbranched alkanes of at least 4 members (excludes halogenated alkanes) is 1. The van der Waals surface area contributed by atoms with Gasteiger partial charge in [0.2, 0.25) is 11.8 Å². The van der Waals surface area contributed by atoms with Crippen molar-refractivity contribution in [3.05, 3.63) is 0 Å². The highest BCUT2D eigenvalue weighted by Gasteiger charge is 2.36. The summed E-state index contributed by atoms with van der Waals surface area (Å²) in [6.45, 7) is 2.50. The highest BCUT2D eigenvalue weighted by Crippen LogP contribution is 2.35. The maximum Gasteiger partial charge on any atom is 0.219 e.